The molecule has 7 heteroatoms. The van der Waals surface area contributed by atoms with Crippen molar-refractivity contribution in [2.45, 2.75) is 13.0 Å². The van der Waals surface area contributed by atoms with Crippen LogP contribution in [0.5, 0.6) is 11.5 Å². The van der Waals surface area contributed by atoms with Crippen LogP contribution in [-0.2, 0) is 13.0 Å². The monoisotopic (exact) mass is 437 g/mol. The lowest BCUT2D eigenvalue weighted by atomic mass is 10.1. The number of hydrogen-bond donors (Lipinski definition) is 0. The van der Waals surface area contributed by atoms with Crippen LogP contribution in [0, 0.1) is 0 Å². The fourth-order valence-corrected chi connectivity index (χ4v) is 4.16. The summed E-state index contributed by atoms with van der Waals surface area (Å²) in [6.07, 6.45) is 0.996. The van der Waals surface area contributed by atoms with Crippen molar-refractivity contribution in [3.63, 3.8) is 0 Å². The molecule has 0 saturated carbocycles. The molecule has 4 rings (SSSR count). The van der Waals surface area contributed by atoms with Crippen LogP contribution in [-0.4, -0.2) is 60.5 Å². The molecule has 1 saturated heterocycles. The largest absolute Gasteiger partial charge is 0.497 e. The highest BCUT2D eigenvalue weighted by Gasteiger charge is 2.22. The smallest absolute Gasteiger partial charge is 0.254 e. The molecule has 0 bridgehead atoms. The number of nitrogens with zero attached hydrogens (tertiary/aromatic N) is 3. The van der Waals surface area contributed by atoms with Crippen molar-refractivity contribution in [1.82, 2.24) is 14.8 Å². The van der Waals surface area contributed by atoms with Gasteiger partial charge in [-0.05, 0) is 42.3 Å². The van der Waals surface area contributed by atoms with Gasteiger partial charge in [0.1, 0.15) is 18.1 Å². The molecule has 6 nitrogen and oxygen atoms in total. The molecule has 0 aliphatic carbocycles. The van der Waals surface area contributed by atoms with Crippen molar-refractivity contribution in [1.29, 1.82) is 0 Å². The number of methoxy groups -OCH3 is 1. The molecular formula is C24H27N3O3S. The van der Waals surface area contributed by atoms with Gasteiger partial charge < -0.3 is 14.4 Å². The molecule has 0 spiro atoms. The fraction of sp³-hybridized carbons (Fsp3) is 0.333. The number of thiazole rings is 1. The summed E-state index contributed by atoms with van der Waals surface area (Å²) in [5.74, 6) is 1.64. The van der Waals surface area contributed by atoms with Gasteiger partial charge in [0.15, 0.2) is 0 Å². The molecule has 31 heavy (non-hydrogen) atoms. The number of hydrogen-bond acceptors (Lipinski definition) is 6. The molecule has 1 fully saturated rings. The molecule has 0 N–H and O–H groups in total. The lowest BCUT2D eigenvalue weighted by Gasteiger charge is -2.34. The Labute approximate surface area is 187 Å². The Morgan fingerprint density at radius 1 is 1.06 bits per heavy atom. The van der Waals surface area contributed by atoms with Crippen molar-refractivity contribution in [3.05, 3.63) is 76.2 Å². The van der Waals surface area contributed by atoms with E-state index in [1.165, 1.54) is 5.56 Å². The lowest BCUT2D eigenvalue weighted by molar-refractivity contribution is 0.0638. The minimum absolute atomic E-state index is 0.0638. The van der Waals surface area contributed by atoms with E-state index < -0.39 is 0 Å². The molecule has 0 unspecified atom stereocenters. The normalized spacial score (nSPS) is 14.4. The predicted octanol–water partition coefficient (Wildman–Crippen LogP) is 3.73. The first-order valence-electron chi connectivity index (χ1n) is 10.5. The molecule has 1 amide bonds. The first-order chi connectivity index (χ1) is 15.2. The maximum Gasteiger partial charge on any atom is 0.254 e. The number of rotatable bonds is 8. The number of benzene rings is 2. The molecule has 162 valence electrons. The summed E-state index contributed by atoms with van der Waals surface area (Å²) in [7, 11) is 1.68. The second-order valence-electron chi connectivity index (χ2n) is 7.53. The van der Waals surface area contributed by atoms with E-state index in [1.54, 1.807) is 24.0 Å². The maximum atomic E-state index is 13.0. The number of carbonyl (C=O) groups excluding carboxylic acids is 1. The molecule has 2 heterocycles. The Morgan fingerprint density at radius 3 is 2.58 bits per heavy atom. The highest BCUT2D eigenvalue weighted by atomic mass is 32.1. The molecule has 3 aromatic rings. The zero-order valence-electron chi connectivity index (χ0n) is 17.7. The van der Waals surface area contributed by atoms with E-state index in [1.807, 2.05) is 46.7 Å². The van der Waals surface area contributed by atoms with Gasteiger partial charge in [0, 0.05) is 43.7 Å². The van der Waals surface area contributed by atoms with Crippen LogP contribution in [0.2, 0.25) is 0 Å². The molecule has 0 radical (unpaired) electrons. The van der Waals surface area contributed by atoms with Crippen LogP contribution < -0.4 is 9.47 Å². The molecule has 1 aliphatic rings. The van der Waals surface area contributed by atoms with Gasteiger partial charge in [-0.15, -0.1) is 11.3 Å². The van der Waals surface area contributed by atoms with E-state index in [0.29, 0.717) is 17.9 Å². The van der Waals surface area contributed by atoms with Crippen molar-refractivity contribution in [2.24, 2.45) is 0 Å². The molecular weight excluding hydrogens is 410 g/mol. The van der Waals surface area contributed by atoms with Gasteiger partial charge in [-0.2, -0.15) is 0 Å². The summed E-state index contributed by atoms with van der Waals surface area (Å²) in [6, 6.07) is 15.7. The summed E-state index contributed by atoms with van der Waals surface area (Å²) in [5.41, 5.74) is 4.65. The van der Waals surface area contributed by atoms with Gasteiger partial charge in [-0.25, -0.2) is 4.98 Å². The van der Waals surface area contributed by atoms with E-state index in [4.69, 9.17) is 9.47 Å². The standard InChI is InChI=1S/C24H27N3O3S/c1-29-22-7-5-19(6-8-22)9-10-26-11-13-27(14-12-26)24(28)20-3-2-4-23(15-20)30-16-21-17-31-18-25-21/h2-8,15,17-18H,9-14,16H2,1H3. The van der Waals surface area contributed by atoms with Crippen LogP contribution in [0.25, 0.3) is 0 Å². The summed E-state index contributed by atoms with van der Waals surface area (Å²) in [4.78, 5) is 21.5. The molecule has 1 aromatic heterocycles. The van der Waals surface area contributed by atoms with E-state index >= 15 is 0 Å². The average molecular weight is 438 g/mol. The van der Waals surface area contributed by atoms with Crippen molar-refractivity contribution in [3.8, 4) is 11.5 Å². The Bertz CT molecular complexity index is 968. The summed E-state index contributed by atoms with van der Waals surface area (Å²) in [5, 5.41) is 1.96. The second kappa shape index (κ2) is 10.4. The Balaban J connectivity index is 1.25. The van der Waals surface area contributed by atoms with Crippen LogP contribution >= 0.6 is 11.3 Å². The SMILES string of the molecule is COc1ccc(CCN2CCN(C(=O)c3cccc(OCc4cscn4)c3)CC2)cc1. The highest BCUT2D eigenvalue weighted by Crippen LogP contribution is 2.18. The number of aromatic nitrogens is 1. The minimum atomic E-state index is 0.0638. The van der Waals surface area contributed by atoms with Crippen molar-refractivity contribution < 1.29 is 14.3 Å². The van der Waals surface area contributed by atoms with E-state index in [0.717, 1.165) is 50.6 Å². The van der Waals surface area contributed by atoms with E-state index in [2.05, 4.69) is 22.0 Å². The van der Waals surface area contributed by atoms with Crippen molar-refractivity contribution >= 4 is 17.2 Å². The van der Waals surface area contributed by atoms with Gasteiger partial charge >= 0.3 is 0 Å². The number of piperazine rings is 1. The van der Waals surface area contributed by atoms with Gasteiger partial charge in [0.2, 0.25) is 0 Å². The van der Waals surface area contributed by atoms with Crippen LogP contribution in [0.3, 0.4) is 0 Å². The molecule has 0 atom stereocenters. The first kappa shape index (κ1) is 21.3. The lowest BCUT2D eigenvalue weighted by Crippen LogP contribution is -2.49. The van der Waals surface area contributed by atoms with E-state index in [-0.39, 0.29) is 5.91 Å². The first-order valence-corrected chi connectivity index (χ1v) is 11.4. The van der Waals surface area contributed by atoms with Crippen LogP contribution in [0.4, 0.5) is 0 Å². The molecule has 2 aromatic carbocycles. The summed E-state index contributed by atoms with van der Waals surface area (Å²) in [6.45, 7) is 4.67. The van der Waals surface area contributed by atoms with Gasteiger partial charge in [-0.1, -0.05) is 18.2 Å². The highest BCUT2D eigenvalue weighted by molar-refractivity contribution is 7.07. The third-order valence-corrected chi connectivity index (χ3v) is 6.12. The Kier molecular flexibility index (Phi) is 7.17. The minimum Gasteiger partial charge on any atom is -0.497 e. The summed E-state index contributed by atoms with van der Waals surface area (Å²) < 4.78 is 11.0. The number of amides is 1. The zero-order valence-corrected chi connectivity index (χ0v) is 18.5. The average Bonchev–Trinajstić information content (AvgIpc) is 3.36. The Hall–Kier alpha value is -2.90. The third kappa shape index (κ3) is 5.83. The van der Waals surface area contributed by atoms with Crippen LogP contribution in [0.15, 0.2) is 59.4 Å². The van der Waals surface area contributed by atoms with Crippen LogP contribution in [0.1, 0.15) is 21.6 Å². The van der Waals surface area contributed by atoms with E-state index in [9.17, 15) is 4.79 Å². The zero-order chi connectivity index (χ0) is 21.5. The maximum absolute atomic E-state index is 13.0. The molecule has 1 aliphatic heterocycles. The quantitative estimate of drug-likeness (QED) is 0.538. The second-order valence-corrected chi connectivity index (χ2v) is 8.25. The number of carbonyl (C=O) groups is 1. The third-order valence-electron chi connectivity index (χ3n) is 5.49. The van der Waals surface area contributed by atoms with Gasteiger partial charge in [0.25, 0.3) is 5.91 Å². The van der Waals surface area contributed by atoms with Crippen molar-refractivity contribution in [2.75, 3.05) is 39.8 Å². The predicted molar refractivity (Wildman–Crippen MR) is 122 cm³/mol. The summed E-state index contributed by atoms with van der Waals surface area (Å²) >= 11 is 1.54. The fourth-order valence-electron chi connectivity index (χ4n) is 3.62. The topological polar surface area (TPSA) is 54.9 Å². The van der Waals surface area contributed by atoms with Gasteiger partial charge in [0.05, 0.1) is 18.3 Å². The Morgan fingerprint density at radius 2 is 1.87 bits per heavy atom. The van der Waals surface area contributed by atoms with Gasteiger partial charge in [-0.3, -0.25) is 9.69 Å². The number of ether oxygens (including phenoxy) is 2.